The Morgan fingerprint density at radius 2 is 2.10 bits per heavy atom. The summed E-state index contributed by atoms with van der Waals surface area (Å²) in [7, 11) is 1.24. The van der Waals surface area contributed by atoms with Gasteiger partial charge in [-0.2, -0.15) is 0 Å². The molecule has 1 aromatic heterocycles. The SMILES string of the molecule is CCn1cc([N+](=O)[O-])cc1C(=O)NC(C(=O)OC)C(C)C. The Kier molecular flexibility index (Phi) is 5.45. The number of nitrogens with one attached hydrogen (secondary N) is 1. The third-order valence-electron chi connectivity index (χ3n) is 3.07. The molecule has 8 heteroatoms. The molecule has 0 saturated carbocycles. The van der Waals surface area contributed by atoms with E-state index in [0.717, 1.165) is 0 Å². The molecule has 0 fully saturated rings. The van der Waals surface area contributed by atoms with Crippen molar-refractivity contribution < 1.29 is 19.2 Å². The number of carbonyl (C=O) groups excluding carboxylic acids is 2. The van der Waals surface area contributed by atoms with Gasteiger partial charge in [-0.3, -0.25) is 14.9 Å². The molecule has 1 unspecified atom stereocenters. The number of nitro groups is 1. The van der Waals surface area contributed by atoms with Gasteiger partial charge in [-0.25, -0.2) is 4.79 Å². The first-order chi connectivity index (χ1) is 9.81. The molecule has 1 heterocycles. The summed E-state index contributed by atoms with van der Waals surface area (Å²) >= 11 is 0. The summed E-state index contributed by atoms with van der Waals surface area (Å²) in [5.41, 5.74) is -0.0279. The summed E-state index contributed by atoms with van der Waals surface area (Å²) in [6.07, 6.45) is 1.29. The molecule has 1 aromatic rings. The van der Waals surface area contributed by atoms with Crippen LogP contribution in [-0.2, 0) is 16.1 Å². The zero-order valence-corrected chi connectivity index (χ0v) is 12.5. The van der Waals surface area contributed by atoms with Crippen LogP contribution in [0.1, 0.15) is 31.3 Å². The Hall–Kier alpha value is -2.38. The summed E-state index contributed by atoms with van der Waals surface area (Å²) in [4.78, 5) is 34.1. The number of esters is 1. The molecule has 116 valence electrons. The molecule has 21 heavy (non-hydrogen) atoms. The molecule has 1 amide bonds. The number of aromatic nitrogens is 1. The van der Waals surface area contributed by atoms with Crippen LogP contribution in [-0.4, -0.2) is 34.5 Å². The number of carbonyl (C=O) groups is 2. The maximum Gasteiger partial charge on any atom is 0.328 e. The van der Waals surface area contributed by atoms with Gasteiger partial charge in [0.2, 0.25) is 0 Å². The largest absolute Gasteiger partial charge is 0.467 e. The minimum Gasteiger partial charge on any atom is -0.467 e. The van der Waals surface area contributed by atoms with Crippen LogP contribution < -0.4 is 5.32 Å². The zero-order chi connectivity index (χ0) is 16.2. The summed E-state index contributed by atoms with van der Waals surface area (Å²) in [5.74, 6) is -1.27. The van der Waals surface area contributed by atoms with Gasteiger partial charge in [0.25, 0.3) is 11.6 Å². The van der Waals surface area contributed by atoms with E-state index in [-0.39, 0.29) is 17.3 Å². The molecule has 8 nitrogen and oxygen atoms in total. The molecule has 0 bridgehead atoms. The first-order valence-corrected chi connectivity index (χ1v) is 6.55. The highest BCUT2D eigenvalue weighted by Gasteiger charge is 2.27. The first-order valence-electron chi connectivity index (χ1n) is 6.55. The van der Waals surface area contributed by atoms with Crippen LogP contribution in [0.15, 0.2) is 12.3 Å². The van der Waals surface area contributed by atoms with Crippen molar-refractivity contribution >= 4 is 17.6 Å². The quantitative estimate of drug-likeness (QED) is 0.485. The highest BCUT2D eigenvalue weighted by molar-refractivity contribution is 5.96. The first kappa shape index (κ1) is 16.7. The molecule has 0 aromatic carbocycles. The van der Waals surface area contributed by atoms with Crippen LogP contribution in [0.5, 0.6) is 0 Å². The summed E-state index contributed by atoms with van der Waals surface area (Å²) in [6.45, 7) is 5.70. The van der Waals surface area contributed by atoms with Crippen LogP contribution >= 0.6 is 0 Å². The van der Waals surface area contributed by atoms with Crippen molar-refractivity contribution in [3.05, 3.63) is 28.1 Å². The molecule has 0 aliphatic rings. The summed E-state index contributed by atoms with van der Waals surface area (Å²) in [5, 5.41) is 13.3. The molecule has 1 rings (SSSR count). The van der Waals surface area contributed by atoms with Crippen molar-refractivity contribution in [1.29, 1.82) is 0 Å². The highest BCUT2D eigenvalue weighted by atomic mass is 16.6. The Labute approximate surface area is 122 Å². The fraction of sp³-hybridized carbons (Fsp3) is 0.538. The van der Waals surface area contributed by atoms with E-state index in [2.05, 4.69) is 10.1 Å². The van der Waals surface area contributed by atoms with Gasteiger partial charge in [-0.05, 0) is 12.8 Å². The normalized spacial score (nSPS) is 12.0. The maximum atomic E-state index is 12.2. The number of ether oxygens (including phenoxy) is 1. The Morgan fingerprint density at radius 3 is 2.52 bits per heavy atom. The fourth-order valence-corrected chi connectivity index (χ4v) is 1.89. The van der Waals surface area contributed by atoms with Crippen molar-refractivity contribution in [3.63, 3.8) is 0 Å². The number of aryl methyl sites for hydroxylation is 1. The van der Waals surface area contributed by atoms with Gasteiger partial charge in [0.15, 0.2) is 0 Å². The van der Waals surface area contributed by atoms with E-state index in [1.165, 1.54) is 23.9 Å². The number of methoxy groups -OCH3 is 1. The van der Waals surface area contributed by atoms with Gasteiger partial charge in [-0.15, -0.1) is 0 Å². The van der Waals surface area contributed by atoms with E-state index in [1.807, 2.05) is 0 Å². The van der Waals surface area contributed by atoms with E-state index in [9.17, 15) is 19.7 Å². The average Bonchev–Trinajstić information content (AvgIpc) is 2.87. The number of amides is 1. The molecule has 0 spiro atoms. The molecule has 0 aliphatic carbocycles. The van der Waals surface area contributed by atoms with Gasteiger partial charge in [-0.1, -0.05) is 13.8 Å². The van der Waals surface area contributed by atoms with Gasteiger partial charge in [0.1, 0.15) is 11.7 Å². The zero-order valence-electron chi connectivity index (χ0n) is 12.5. The molecular formula is C13H19N3O5. The van der Waals surface area contributed by atoms with Crippen molar-refractivity contribution in [2.45, 2.75) is 33.4 Å². The van der Waals surface area contributed by atoms with Gasteiger partial charge >= 0.3 is 5.97 Å². The monoisotopic (exact) mass is 297 g/mol. The second-order valence-corrected chi connectivity index (χ2v) is 4.84. The lowest BCUT2D eigenvalue weighted by Crippen LogP contribution is -2.45. The van der Waals surface area contributed by atoms with Crippen LogP contribution in [0, 0.1) is 16.0 Å². The van der Waals surface area contributed by atoms with Crippen LogP contribution in [0.2, 0.25) is 0 Å². The van der Waals surface area contributed by atoms with Gasteiger partial charge < -0.3 is 14.6 Å². The van der Waals surface area contributed by atoms with Gasteiger partial charge in [0, 0.05) is 12.6 Å². The minimum atomic E-state index is -0.804. The Morgan fingerprint density at radius 1 is 1.48 bits per heavy atom. The lowest BCUT2D eigenvalue weighted by molar-refractivity contribution is -0.384. The minimum absolute atomic E-state index is 0.138. The summed E-state index contributed by atoms with van der Waals surface area (Å²) < 4.78 is 6.10. The molecular weight excluding hydrogens is 278 g/mol. The van der Waals surface area contributed by atoms with Crippen LogP contribution in [0.3, 0.4) is 0 Å². The second-order valence-electron chi connectivity index (χ2n) is 4.84. The Bertz CT molecular complexity index is 550. The van der Waals surface area contributed by atoms with Crippen molar-refractivity contribution in [2.75, 3.05) is 7.11 Å². The maximum absolute atomic E-state index is 12.2. The number of nitrogens with zero attached hydrogens (tertiary/aromatic N) is 2. The molecule has 1 N–H and O–H groups in total. The molecule has 0 radical (unpaired) electrons. The topological polar surface area (TPSA) is 103 Å². The summed E-state index contributed by atoms with van der Waals surface area (Å²) in [6, 6.07) is 0.384. The van der Waals surface area contributed by atoms with Crippen LogP contribution in [0.4, 0.5) is 5.69 Å². The fourth-order valence-electron chi connectivity index (χ4n) is 1.89. The van der Waals surface area contributed by atoms with Crippen molar-refractivity contribution in [1.82, 2.24) is 9.88 Å². The van der Waals surface area contributed by atoms with Crippen LogP contribution in [0.25, 0.3) is 0 Å². The van der Waals surface area contributed by atoms with E-state index in [4.69, 9.17) is 0 Å². The number of hydrogen-bond donors (Lipinski definition) is 1. The van der Waals surface area contributed by atoms with Gasteiger partial charge in [0.05, 0.1) is 18.2 Å². The van der Waals surface area contributed by atoms with E-state index < -0.39 is 22.8 Å². The molecule has 0 aliphatic heterocycles. The number of rotatable bonds is 6. The molecule has 1 atom stereocenters. The van der Waals surface area contributed by atoms with E-state index in [1.54, 1.807) is 20.8 Å². The predicted molar refractivity (Wildman–Crippen MR) is 74.9 cm³/mol. The highest BCUT2D eigenvalue weighted by Crippen LogP contribution is 2.17. The third kappa shape index (κ3) is 3.80. The lowest BCUT2D eigenvalue weighted by Gasteiger charge is -2.20. The smallest absolute Gasteiger partial charge is 0.328 e. The van der Waals surface area contributed by atoms with E-state index in [0.29, 0.717) is 6.54 Å². The van der Waals surface area contributed by atoms with E-state index >= 15 is 0 Å². The van der Waals surface area contributed by atoms with Crippen molar-refractivity contribution in [3.8, 4) is 0 Å². The third-order valence-corrected chi connectivity index (χ3v) is 3.07. The standard InChI is InChI=1S/C13H19N3O5/c1-5-15-7-9(16(19)20)6-10(15)12(17)14-11(8(2)3)13(18)21-4/h6-8,11H,5H2,1-4H3,(H,14,17). The van der Waals surface area contributed by atoms with Crippen molar-refractivity contribution in [2.24, 2.45) is 5.92 Å². The predicted octanol–water partition coefficient (Wildman–Crippen LogP) is 1.34. The average molecular weight is 297 g/mol. The second kappa shape index (κ2) is 6.87. The lowest BCUT2D eigenvalue weighted by atomic mass is 10.0. The number of hydrogen-bond acceptors (Lipinski definition) is 5. The Balaban J connectivity index is 3.02. The molecule has 0 saturated heterocycles.